The molecule has 3 aromatic rings. The number of anilines is 1. The molecule has 0 unspecified atom stereocenters. The van der Waals surface area contributed by atoms with Crippen LogP contribution in [0, 0.1) is 0 Å². The van der Waals surface area contributed by atoms with Gasteiger partial charge in [-0.25, -0.2) is 4.98 Å². The van der Waals surface area contributed by atoms with Gasteiger partial charge in [0.25, 0.3) is 0 Å². The molecule has 0 radical (unpaired) electrons. The fourth-order valence-electron chi connectivity index (χ4n) is 2.15. The van der Waals surface area contributed by atoms with Crippen LogP contribution in [0.25, 0.3) is 16.7 Å². The molecule has 0 bridgehead atoms. The highest BCUT2D eigenvalue weighted by molar-refractivity contribution is 9.10. The Morgan fingerprint density at radius 2 is 2.10 bits per heavy atom. The molecule has 0 saturated heterocycles. The van der Waals surface area contributed by atoms with Crippen LogP contribution in [-0.4, -0.2) is 16.7 Å². The maximum atomic E-state index is 6.15. The van der Waals surface area contributed by atoms with Gasteiger partial charge in [0.2, 0.25) is 5.95 Å². The Morgan fingerprint density at radius 1 is 1.30 bits per heavy atom. The zero-order valence-corrected chi connectivity index (χ0v) is 12.9. The van der Waals surface area contributed by atoms with E-state index in [9.17, 15) is 0 Å². The van der Waals surface area contributed by atoms with Crippen molar-refractivity contribution in [2.45, 2.75) is 0 Å². The number of methoxy groups -OCH3 is 1. The van der Waals surface area contributed by atoms with Crippen LogP contribution in [0.4, 0.5) is 5.95 Å². The molecule has 0 atom stereocenters. The molecule has 102 valence electrons. The third-order valence-corrected chi connectivity index (χ3v) is 3.98. The smallest absolute Gasteiger partial charge is 0.205 e. The van der Waals surface area contributed by atoms with Crippen molar-refractivity contribution in [3.63, 3.8) is 0 Å². The summed E-state index contributed by atoms with van der Waals surface area (Å²) in [7, 11) is 1.63. The number of fused-ring (bicyclic) bond motifs is 1. The molecule has 20 heavy (non-hydrogen) atoms. The van der Waals surface area contributed by atoms with Crippen molar-refractivity contribution in [3.05, 3.63) is 45.9 Å². The second-order valence-corrected chi connectivity index (χ2v) is 5.49. The summed E-state index contributed by atoms with van der Waals surface area (Å²) in [4.78, 5) is 4.32. The summed E-state index contributed by atoms with van der Waals surface area (Å²) >= 11 is 9.62. The van der Waals surface area contributed by atoms with Crippen LogP contribution >= 0.6 is 27.5 Å². The van der Waals surface area contributed by atoms with Gasteiger partial charge in [-0.1, -0.05) is 17.7 Å². The van der Waals surface area contributed by atoms with Crippen molar-refractivity contribution < 1.29 is 4.74 Å². The first kappa shape index (κ1) is 13.3. The fraction of sp³-hybridized carbons (Fsp3) is 0.0714. The lowest BCUT2D eigenvalue weighted by Gasteiger charge is -2.09. The standard InChI is InChI=1S/C14H11BrClN3O/c1-20-12-6-5-8(7-9(12)15)19-11-4-2-3-10(16)13(11)18-14(19)17/h2-7H,1H3,(H2,17,18). The number of ether oxygens (including phenoxy) is 1. The van der Waals surface area contributed by atoms with Crippen LogP contribution in [-0.2, 0) is 0 Å². The highest BCUT2D eigenvalue weighted by Crippen LogP contribution is 2.32. The van der Waals surface area contributed by atoms with Crippen molar-refractivity contribution in [1.29, 1.82) is 0 Å². The average molecular weight is 353 g/mol. The molecule has 6 heteroatoms. The number of nitrogens with zero attached hydrogens (tertiary/aromatic N) is 2. The second kappa shape index (κ2) is 5.00. The molecule has 1 aromatic heterocycles. The summed E-state index contributed by atoms with van der Waals surface area (Å²) < 4.78 is 7.93. The first-order valence-corrected chi connectivity index (χ1v) is 7.05. The van der Waals surface area contributed by atoms with Crippen LogP contribution in [0.2, 0.25) is 5.02 Å². The van der Waals surface area contributed by atoms with Crippen LogP contribution < -0.4 is 10.5 Å². The minimum Gasteiger partial charge on any atom is -0.496 e. The van der Waals surface area contributed by atoms with Gasteiger partial charge in [0.15, 0.2) is 0 Å². The van der Waals surface area contributed by atoms with Crippen molar-refractivity contribution in [2.24, 2.45) is 0 Å². The second-order valence-electron chi connectivity index (χ2n) is 4.23. The summed E-state index contributed by atoms with van der Waals surface area (Å²) in [6.07, 6.45) is 0. The molecule has 0 amide bonds. The van der Waals surface area contributed by atoms with Gasteiger partial charge in [0.1, 0.15) is 11.3 Å². The molecule has 0 fully saturated rings. The van der Waals surface area contributed by atoms with Gasteiger partial charge >= 0.3 is 0 Å². The molecular weight excluding hydrogens is 342 g/mol. The zero-order chi connectivity index (χ0) is 14.3. The predicted molar refractivity (Wildman–Crippen MR) is 84.7 cm³/mol. The lowest BCUT2D eigenvalue weighted by molar-refractivity contribution is 0.412. The van der Waals surface area contributed by atoms with Crippen molar-refractivity contribution in [2.75, 3.05) is 12.8 Å². The summed E-state index contributed by atoms with van der Waals surface area (Å²) in [5, 5.41) is 0.584. The van der Waals surface area contributed by atoms with Crippen LogP contribution in [0.15, 0.2) is 40.9 Å². The van der Waals surface area contributed by atoms with E-state index in [0.29, 0.717) is 16.5 Å². The molecular formula is C14H11BrClN3O. The summed E-state index contributed by atoms with van der Waals surface area (Å²) in [6.45, 7) is 0. The molecule has 2 aromatic carbocycles. The Labute approximate surface area is 129 Å². The van der Waals surface area contributed by atoms with E-state index >= 15 is 0 Å². The number of imidazole rings is 1. The van der Waals surface area contributed by atoms with E-state index in [4.69, 9.17) is 22.1 Å². The quantitative estimate of drug-likeness (QED) is 0.757. The minimum absolute atomic E-state index is 0.394. The van der Waals surface area contributed by atoms with Crippen LogP contribution in [0.1, 0.15) is 0 Å². The molecule has 2 N–H and O–H groups in total. The molecule has 0 spiro atoms. The van der Waals surface area contributed by atoms with Gasteiger partial charge in [0.05, 0.1) is 27.8 Å². The van der Waals surface area contributed by atoms with Gasteiger partial charge in [-0.3, -0.25) is 4.57 Å². The molecule has 0 aliphatic rings. The lowest BCUT2D eigenvalue weighted by Crippen LogP contribution is -2.00. The van der Waals surface area contributed by atoms with Crippen LogP contribution in [0.3, 0.4) is 0 Å². The predicted octanol–water partition coefficient (Wildman–Crippen LogP) is 4.03. The Balaban J connectivity index is 2.27. The minimum atomic E-state index is 0.394. The Morgan fingerprint density at radius 3 is 2.80 bits per heavy atom. The average Bonchev–Trinajstić information content (AvgIpc) is 2.76. The Hall–Kier alpha value is -1.72. The number of benzene rings is 2. The number of aromatic nitrogens is 2. The third kappa shape index (κ3) is 2.03. The van der Waals surface area contributed by atoms with E-state index in [1.807, 2.05) is 34.9 Å². The monoisotopic (exact) mass is 351 g/mol. The molecule has 0 aliphatic heterocycles. The molecule has 0 aliphatic carbocycles. The van der Waals surface area contributed by atoms with Gasteiger partial charge in [-0.2, -0.15) is 0 Å². The summed E-state index contributed by atoms with van der Waals surface area (Å²) in [5.74, 6) is 1.15. The van der Waals surface area contributed by atoms with Crippen LogP contribution in [0.5, 0.6) is 5.75 Å². The molecule has 0 saturated carbocycles. The number of halogens is 2. The van der Waals surface area contributed by atoms with E-state index in [1.165, 1.54) is 0 Å². The zero-order valence-electron chi connectivity index (χ0n) is 10.6. The molecule has 4 nitrogen and oxygen atoms in total. The SMILES string of the molecule is COc1ccc(-n2c(N)nc3c(Cl)cccc32)cc1Br. The highest BCUT2D eigenvalue weighted by atomic mass is 79.9. The maximum Gasteiger partial charge on any atom is 0.205 e. The summed E-state index contributed by atoms with van der Waals surface area (Å²) in [6, 6.07) is 11.3. The lowest BCUT2D eigenvalue weighted by atomic mass is 10.2. The Kier molecular flexibility index (Phi) is 3.31. The van der Waals surface area contributed by atoms with E-state index in [1.54, 1.807) is 13.2 Å². The van der Waals surface area contributed by atoms with Gasteiger partial charge in [-0.05, 0) is 46.3 Å². The first-order valence-electron chi connectivity index (χ1n) is 5.88. The molecule has 1 heterocycles. The first-order chi connectivity index (χ1) is 9.61. The van der Waals surface area contributed by atoms with Gasteiger partial charge in [0, 0.05) is 0 Å². The number of hydrogen-bond acceptors (Lipinski definition) is 3. The van der Waals surface area contributed by atoms with E-state index in [-0.39, 0.29) is 0 Å². The number of para-hydroxylation sites is 1. The topological polar surface area (TPSA) is 53.1 Å². The number of rotatable bonds is 2. The molecule has 3 rings (SSSR count). The van der Waals surface area contributed by atoms with Gasteiger partial charge < -0.3 is 10.5 Å². The largest absolute Gasteiger partial charge is 0.496 e. The normalized spacial score (nSPS) is 10.9. The maximum absolute atomic E-state index is 6.15. The summed E-state index contributed by atoms with van der Waals surface area (Å²) in [5.41, 5.74) is 8.47. The Bertz CT molecular complexity index is 800. The van der Waals surface area contributed by atoms with Crippen molar-refractivity contribution in [3.8, 4) is 11.4 Å². The van der Waals surface area contributed by atoms with E-state index in [0.717, 1.165) is 21.4 Å². The van der Waals surface area contributed by atoms with E-state index in [2.05, 4.69) is 20.9 Å². The number of hydrogen-bond donors (Lipinski definition) is 1. The fourth-order valence-corrected chi connectivity index (χ4v) is 2.89. The van der Waals surface area contributed by atoms with Crippen molar-refractivity contribution in [1.82, 2.24) is 9.55 Å². The van der Waals surface area contributed by atoms with Gasteiger partial charge in [-0.15, -0.1) is 0 Å². The highest BCUT2D eigenvalue weighted by Gasteiger charge is 2.13. The number of nitrogens with two attached hydrogens (primary N) is 1. The van der Waals surface area contributed by atoms with E-state index < -0.39 is 0 Å². The third-order valence-electron chi connectivity index (χ3n) is 3.06. The van der Waals surface area contributed by atoms with Crippen molar-refractivity contribution >= 4 is 44.5 Å². The number of nitrogen functional groups attached to an aromatic ring is 1.